The number of nitriles is 1. The van der Waals surface area contributed by atoms with Crippen LogP contribution in [-0.2, 0) is 16.8 Å². The summed E-state index contributed by atoms with van der Waals surface area (Å²) in [6.45, 7) is 1.38. The highest BCUT2D eigenvalue weighted by atomic mass is 32.2. The summed E-state index contributed by atoms with van der Waals surface area (Å²) >= 11 is 0. The minimum atomic E-state index is -2.20. The Bertz CT molecular complexity index is 1360. The molecule has 3 aromatic rings. The van der Waals surface area contributed by atoms with Gasteiger partial charge in [-0.1, -0.05) is 18.2 Å². The Morgan fingerprint density at radius 2 is 1.75 bits per heavy atom. The molecule has 1 aliphatic rings. The topological polar surface area (TPSA) is 87.7 Å². The van der Waals surface area contributed by atoms with Crippen molar-refractivity contribution in [3.63, 3.8) is 0 Å². The van der Waals surface area contributed by atoms with Crippen molar-refractivity contribution in [2.75, 3.05) is 30.5 Å². The van der Waals surface area contributed by atoms with E-state index in [1.165, 1.54) is 0 Å². The van der Waals surface area contributed by atoms with Crippen LogP contribution in [0.3, 0.4) is 0 Å². The summed E-state index contributed by atoms with van der Waals surface area (Å²) in [6, 6.07) is 17.1. The van der Waals surface area contributed by atoms with Crippen molar-refractivity contribution < 1.29 is 8.95 Å². The molecule has 0 radical (unpaired) electrons. The SMILES string of the molecule is Cn1c(=O)c(C#N)c(N2CCC(Oc3ccc(N=S(C)(C)=O)cc3)CC2)c2ccccc21. The maximum atomic E-state index is 12.8. The van der Waals surface area contributed by atoms with Crippen LogP contribution in [0, 0.1) is 11.3 Å². The third-order valence-corrected chi connectivity index (χ3v) is 6.26. The molecular formula is C24H26N4O3S. The summed E-state index contributed by atoms with van der Waals surface area (Å²) < 4.78 is 23.7. The monoisotopic (exact) mass is 450 g/mol. The van der Waals surface area contributed by atoms with Crippen LogP contribution < -0.4 is 15.2 Å². The summed E-state index contributed by atoms with van der Waals surface area (Å²) in [4.78, 5) is 14.9. The molecule has 32 heavy (non-hydrogen) atoms. The maximum absolute atomic E-state index is 12.8. The second kappa shape index (κ2) is 8.67. The molecule has 166 valence electrons. The second-order valence-electron chi connectivity index (χ2n) is 8.29. The van der Waals surface area contributed by atoms with Crippen LogP contribution in [0.25, 0.3) is 10.9 Å². The maximum Gasteiger partial charge on any atom is 0.270 e. The van der Waals surface area contributed by atoms with E-state index in [1.54, 1.807) is 24.1 Å². The van der Waals surface area contributed by atoms with E-state index in [2.05, 4.69) is 15.3 Å². The first-order chi connectivity index (χ1) is 15.3. The number of hydrogen-bond donors (Lipinski definition) is 0. The second-order valence-corrected chi connectivity index (χ2v) is 10.8. The molecule has 0 spiro atoms. The lowest BCUT2D eigenvalue weighted by Crippen LogP contribution is -2.40. The molecule has 2 heterocycles. The summed E-state index contributed by atoms with van der Waals surface area (Å²) in [5, 5.41) is 10.6. The van der Waals surface area contributed by atoms with Crippen LogP contribution >= 0.6 is 0 Å². The average molecular weight is 451 g/mol. The number of aryl methyl sites for hydroxylation is 1. The zero-order valence-electron chi connectivity index (χ0n) is 18.4. The Kier molecular flexibility index (Phi) is 5.94. The number of fused-ring (bicyclic) bond motifs is 1. The number of para-hydroxylation sites is 1. The number of nitrogens with zero attached hydrogens (tertiary/aromatic N) is 4. The summed E-state index contributed by atoms with van der Waals surface area (Å²) in [6.07, 6.45) is 4.80. The molecule has 1 aliphatic heterocycles. The lowest BCUT2D eigenvalue weighted by atomic mass is 10.0. The van der Waals surface area contributed by atoms with Gasteiger partial charge in [0.1, 0.15) is 23.5 Å². The first-order valence-electron chi connectivity index (χ1n) is 10.5. The number of pyridine rings is 1. The highest BCUT2D eigenvalue weighted by Gasteiger charge is 2.26. The predicted octanol–water partition coefficient (Wildman–Crippen LogP) is 3.82. The van der Waals surface area contributed by atoms with Gasteiger partial charge in [-0.3, -0.25) is 4.79 Å². The van der Waals surface area contributed by atoms with Gasteiger partial charge in [0.2, 0.25) is 0 Å². The zero-order chi connectivity index (χ0) is 22.9. The van der Waals surface area contributed by atoms with E-state index in [1.807, 2.05) is 48.5 Å². The fourth-order valence-corrected chi connectivity index (χ4v) is 4.77. The molecule has 0 amide bonds. The van der Waals surface area contributed by atoms with Crippen molar-refractivity contribution in [3.05, 3.63) is 64.4 Å². The summed E-state index contributed by atoms with van der Waals surface area (Å²) in [5.41, 5.74) is 2.13. The van der Waals surface area contributed by atoms with Crippen LogP contribution in [0.1, 0.15) is 18.4 Å². The number of anilines is 1. The fraction of sp³-hybridized carbons (Fsp3) is 0.333. The highest BCUT2D eigenvalue weighted by molar-refractivity contribution is 7.92. The number of rotatable bonds is 4. The Morgan fingerprint density at radius 1 is 1.09 bits per heavy atom. The molecule has 0 bridgehead atoms. The lowest BCUT2D eigenvalue weighted by molar-refractivity contribution is 0.171. The molecule has 0 N–H and O–H groups in total. The molecule has 1 fully saturated rings. The van der Waals surface area contributed by atoms with E-state index in [4.69, 9.17) is 4.74 Å². The Balaban J connectivity index is 1.52. The van der Waals surface area contributed by atoms with Gasteiger partial charge in [-0.05, 0) is 30.3 Å². The van der Waals surface area contributed by atoms with Crippen molar-refractivity contribution in [1.29, 1.82) is 5.26 Å². The number of ether oxygens (including phenoxy) is 1. The van der Waals surface area contributed by atoms with Gasteiger partial charge in [-0.2, -0.15) is 9.62 Å². The molecule has 0 atom stereocenters. The molecule has 8 heteroatoms. The van der Waals surface area contributed by atoms with Crippen LogP contribution in [0.5, 0.6) is 5.75 Å². The van der Waals surface area contributed by atoms with E-state index >= 15 is 0 Å². The van der Waals surface area contributed by atoms with Crippen molar-refractivity contribution >= 4 is 32.0 Å². The van der Waals surface area contributed by atoms with Crippen LogP contribution in [0.15, 0.2) is 57.7 Å². The number of hydrogen-bond acceptors (Lipinski definition) is 6. The van der Waals surface area contributed by atoms with Crippen LogP contribution in [0.2, 0.25) is 0 Å². The van der Waals surface area contributed by atoms with Crippen molar-refractivity contribution in [1.82, 2.24) is 4.57 Å². The first-order valence-corrected chi connectivity index (χ1v) is 12.8. The smallest absolute Gasteiger partial charge is 0.270 e. The summed E-state index contributed by atoms with van der Waals surface area (Å²) in [5.74, 6) is 0.748. The van der Waals surface area contributed by atoms with Gasteiger partial charge in [0.25, 0.3) is 5.56 Å². The van der Waals surface area contributed by atoms with Gasteiger partial charge >= 0.3 is 0 Å². The third kappa shape index (κ3) is 4.48. The van der Waals surface area contributed by atoms with Gasteiger partial charge in [0.15, 0.2) is 0 Å². The third-order valence-electron chi connectivity index (χ3n) is 5.61. The first kappa shape index (κ1) is 21.9. The number of benzene rings is 2. The average Bonchev–Trinajstić information content (AvgIpc) is 2.77. The van der Waals surface area contributed by atoms with Gasteiger partial charge in [-0.25, -0.2) is 4.21 Å². The molecule has 0 aliphatic carbocycles. The largest absolute Gasteiger partial charge is 0.490 e. The molecule has 4 rings (SSSR count). The molecule has 0 unspecified atom stereocenters. The minimum absolute atomic E-state index is 0.0407. The Morgan fingerprint density at radius 3 is 2.38 bits per heavy atom. The molecule has 1 aromatic heterocycles. The number of piperidine rings is 1. The fourth-order valence-electron chi connectivity index (χ4n) is 4.14. The van der Waals surface area contributed by atoms with E-state index in [9.17, 15) is 14.3 Å². The zero-order valence-corrected chi connectivity index (χ0v) is 19.3. The highest BCUT2D eigenvalue weighted by Crippen LogP contribution is 2.31. The molecule has 1 saturated heterocycles. The predicted molar refractivity (Wildman–Crippen MR) is 128 cm³/mol. The van der Waals surface area contributed by atoms with Gasteiger partial charge in [0, 0.05) is 60.6 Å². The van der Waals surface area contributed by atoms with E-state index < -0.39 is 9.73 Å². The summed E-state index contributed by atoms with van der Waals surface area (Å²) in [7, 11) is -0.493. The van der Waals surface area contributed by atoms with Crippen molar-refractivity contribution in [2.45, 2.75) is 18.9 Å². The van der Waals surface area contributed by atoms with Crippen LogP contribution in [0.4, 0.5) is 11.4 Å². The van der Waals surface area contributed by atoms with E-state index in [0.29, 0.717) is 18.8 Å². The molecule has 7 nitrogen and oxygen atoms in total. The quantitative estimate of drug-likeness (QED) is 0.603. The van der Waals surface area contributed by atoms with Gasteiger partial charge < -0.3 is 14.2 Å². The Labute approximate surface area is 188 Å². The normalized spacial score (nSPS) is 14.9. The van der Waals surface area contributed by atoms with E-state index in [-0.39, 0.29) is 17.2 Å². The molecule has 2 aromatic carbocycles. The molecule has 0 saturated carbocycles. The van der Waals surface area contributed by atoms with Gasteiger partial charge in [-0.15, -0.1) is 0 Å². The standard InChI is InChI=1S/C24H26N4O3S/c1-27-22-7-5-4-6-20(22)23(21(16-25)24(27)29)28-14-12-19(13-15-28)31-18-10-8-17(9-11-18)26-32(2,3)30/h4-11,19H,12-15H2,1-3H3. The minimum Gasteiger partial charge on any atom is -0.490 e. The lowest BCUT2D eigenvalue weighted by Gasteiger charge is -2.35. The van der Waals surface area contributed by atoms with Crippen LogP contribution in [-0.4, -0.2) is 40.5 Å². The van der Waals surface area contributed by atoms with Gasteiger partial charge in [0.05, 0.1) is 16.9 Å². The van der Waals surface area contributed by atoms with Crippen molar-refractivity contribution in [2.24, 2.45) is 11.4 Å². The molecular weight excluding hydrogens is 424 g/mol. The van der Waals surface area contributed by atoms with E-state index in [0.717, 1.165) is 35.2 Å². The Hall–Kier alpha value is -3.31. The van der Waals surface area contributed by atoms with Crippen molar-refractivity contribution in [3.8, 4) is 11.8 Å². The number of aromatic nitrogens is 1.